The first-order valence-electron chi connectivity index (χ1n) is 8.85. The minimum Gasteiger partial charge on any atom is -0.460 e. The molecule has 1 unspecified atom stereocenters. The molecular formula is C20H25ClO3. The maximum atomic E-state index is 12.8. The van der Waals surface area contributed by atoms with E-state index < -0.39 is 10.8 Å². The predicted octanol–water partition coefficient (Wildman–Crippen LogP) is 4.41. The molecule has 24 heavy (non-hydrogen) atoms. The van der Waals surface area contributed by atoms with E-state index >= 15 is 0 Å². The van der Waals surface area contributed by atoms with Crippen molar-refractivity contribution in [2.75, 3.05) is 0 Å². The summed E-state index contributed by atoms with van der Waals surface area (Å²) in [7, 11) is 0. The Hall–Kier alpha value is -1.35. The van der Waals surface area contributed by atoms with E-state index in [1.165, 1.54) is 0 Å². The first kappa shape index (κ1) is 17.5. The zero-order chi connectivity index (χ0) is 17.5. The van der Waals surface area contributed by atoms with E-state index in [2.05, 4.69) is 20.8 Å². The first-order valence-corrected chi connectivity index (χ1v) is 9.23. The van der Waals surface area contributed by atoms with Gasteiger partial charge in [0.05, 0.1) is 0 Å². The van der Waals surface area contributed by atoms with Gasteiger partial charge in [0.25, 0.3) is 0 Å². The second-order valence-electron chi connectivity index (χ2n) is 7.73. The highest BCUT2D eigenvalue weighted by Gasteiger charge is 2.52. The van der Waals surface area contributed by atoms with E-state index in [0.29, 0.717) is 23.3 Å². The normalized spacial score (nSPS) is 32.7. The fourth-order valence-corrected chi connectivity index (χ4v) is 4.39. The molecule has 0 bridgehead atoms. The van der Waals surface area contributed by atoms with Crippen molar-refractivity contribution in [3.63, 3.8) is 0 Å². The van der Waals surface area contributed by atoms with Crippen LogP contribution in [0.5, 0.6) is 0 Å². The Labute approximate surface area is 148 Å². The van der Waals surface area contributed by atoms with E-state index in [1.54, 1.807) is 12.1 Å². The van der Waals surface area contributed by atoms with Gasteiger partial charge in [-0.1, -0.05) is 63.1 Å². The summed E-state index contributed by atoms with van der Waals surface area (Å²) in [5.74, 6) is 0.410. The molecular weight excluding hydrogens is 324 g/mol. The number of carbonyl (C=O) groups is 2. The molecule has 2 aliphatic rings. The second-order valence-corrected chi connectivity index (χ2v) is 8.38. The highest BCUT2D eigenvalue weighted by atomic mass is 35.5. The average molecular weight is 349 g/mol. The van der Waals surface area contributed by atoms with E-state index in [9.17, 15) is 9.59 Å². The number of fused-ring (bicyclic) bond motifs is 1. The van der Waals surface area contributed by atoms with Gasteiger partial charge >= 0.3 is 5.97 Å². The van der Waals surface area contributed by atoms with Gasteiger partial charge in [-0.05, 0) is 36.2 Å². The number of esters is 1. The summed E-state index contributed by atoms with van der Waals surface area (Å²) in [6.07, 6.45) is 3.14. The van der Waals surface area contributed by atoms with Gasteiger partial charge in [0, 0.05) is 12.0 Å². The van der Waals surface area contributed by atoms with Crippen LogP contribution in [0.3, 0.4) is 0 Å². The molecule has 2 aliphatic carbocycles. The number of ether oxygens (including phenoxy) is 1. The Kier molecular flexibility index (Phi) is 4.74. The molecule has 0 aromatic heterocycles. The van der Waals surface area contributed by atoms with E-state index in [1.807, 2.05) is 12.1 Å². The zero-order valence-electron chi connectivity index (χ0n) is 14.5. The fraction of sp³-hybridized carbons (Fsp3) is 0.600. The minimum absolute atomic E-state index is 0.145. The molecule has 0 spiro atoms. The summed E-state index contributed by atoms with van der Waals surface area (Å²) in [6.45, 7) is 6.51. The van der Waals surface area contributed by atoms with Gasteiger partial charge in [-0.15, -0.1) is 0 Å². The van der Waals surface area contributed by atoms with Crippen molar-refractivity contribution in [2.24, 2.45) is 17.8 Å². The minimum atomic E-state index is -1.59. The van der Waals surface area contributed by atoms with Gasteiger partial charge in [-0.25, -0.2) is 4.79 Å². The van der Waals surface area contributed by atoms with E-state index in [0.717, 1.165) is 24.8 Å². The number of hydrogen-bond donors (Lipinski definition) is 0. The van der Waals surface area contributed by atoms with Crippen molar-refractivity contribution in [2.45, 2.75) is 57.4 Å². The molecule has 3 rings (SSSR count). The topological polar surface area (TPSA) is 43.4 Å². The number of Topliss-reactive ketones (excluding diaryl/α,β-unsaturated/α-hetero) is 1. The Bertz CT molecular complexity index is 654. The summed E-state index contributed by atoms with van der Waals surface area (Å²) < 4.78 is 5.83. The molecule has 1 aromatic rings. The van der Waals surface area contributed by atoms with Crippen molar-refractivity contribution >= 4 is 23.4 Å². The van der Waals surface area contributed by atoms with Crippen LogP contribution in [-0.2, 0) is 16.0 Å². The van der Waals surface area contributed by atoms with Gasteiger partial charge in [0.1, 0.15) is 6.10 Å². The number of benzene rings is 1. The highest BCUT2D eigenvalue weighted by Crippen LogP contribution is 2.40. The predicted molar refractivity (Wildman–Crippen MR) is 94.3 cm³/mol. The number of carbonyl (C=O) groups excluding carboxylic acids is 2. The third-order valence-electron chi connectivity index (χ3n) is 5.60. The first-order chi connectivity index (χ1) is 11.3. The molecule has 0 N–H and O–H groups in total. The molecule has 0 radical (unpaired) electrons. The Morgan fingerprint density at radius 1 is 1.29 bits per heavy atom. The maximum Gasteiger partial charge on any atom is 0.335 e. The van der Waals surface area contributed by atoms with Crippen LogP contribution in [0.1, 0.15) is 56.0 Å². The van der Waals surface area contributed by atoms with Crippen molar-refractivity contribution in [3.05, 3.63) is 35.4 Å². The van der Waals surface area contributed by atoms with Gasteiger partial charge in [0.2, 0.25) is 4.87 Å². The Balaban J connectivity index is 1.78. The zero-order valence-corrected chi connectivity index (χ0v) is 15.3. The lowest BCUT2D eigenvalue weighted by Gasteiger charge is -2.37. The van der Waals surface area contributed by atoms with Crippen LogP contribution in [0.2, 0.25) is 0 Å². The number of halogens is 1. The lowest BCUT2D eigenvalue weighted by molar-refractivity contribution is -0.157. The van der Waals surface area contributed by atoms with Crippen molar-refractivity contribution in [1.82, 2.24) is 0 Å². The van der Waals surface area contributed by atoms with Crippen LogP contribution in [0.15, 0.2) is 24.3 Å². The van der Waals surface area contributed by atoms with Gasteiger partial charge in [-0.2, -0.15) is 0 Å². The van der Waals surface area contributed by atoms with Crippen LogP contribution in [0, 0.1) is 17.8 Å². The quantitative estimate of drug-likeness (QED) is 0.461. The summed E-state index contributed by atoms with van der Waals surface area (Å²) in [5.41, 5.74) is 1.37. The number of hydrogen-bond acceptors (Lipinski definition) is 3. The molecule has 0 heterocycles. The fourth-order valence-electron chi connectivity index (χ4n) is 4.10. The smallest absolute Gasteiger partial charge is 0.335 e. The molecule has 0 aliphatic heterocycles. The van der Waals surface area contributed by atoms with E-state index in [-0.39, 0.29) is 18.3 Å². The molecule has 0 saturated heterocycles. The van der Waals surface area contributed by atoms with Crippen LogP contribution in [-0.4, -0.2) is 22.7 Å². The number of ketones is 1. The van der Waals surface area contributed by atoms with Crippen molar-refractivity contribution in [1.29, 1.82) is 0 Å². The van der Waals surface area contributed by atoms with Gasteiger partial charge in [-0.3, -0.25) is 4.79 Å². The largest absolute Gasteiger partial charge is 0.460 e. The molecule has 0 amide bonds. The third kappa shape index (κ3) is 2.99. The van der Waals surface area contributed by atoms with Crippen LogP contribution < -0.4 is 0 Å². The Morgan fingerprint density at radius 3 is 2.67 bits per heavy atom. The van der Waals surface area contributed by atoms with Crippen LogP contribution in [0.4, 0.5) is 0 Å². The molecule has 1 aromatic carbocycles. The molecule has 3 nitrogen and oxygen atoms in total. The number of alkyl halides is 1. The van der Waals surface area contributed by atoms with E-state index in [4.69, 9.17) is 16.3 Å². The number of rotatable bonds is 3. The van der Waals surface area contributed by atoms with Crippen molar-refractivity contribution in [3.8, 4) is 0 Å². The van der Waals surface area contributed by atoms with Crippen LogP contribution >= 0.6 is 11.6 Å². The van der Waals surface area contributed by atoms with Crippen molar-refractivity contribution < 1.29 is 14.3 Å². The lowest BCUT2D eigenvalue weighted by atomic mass is 9.75. The SMILES string of the molecule is CC(C)[C@@H]1CC[C@@H](C)C[C@H]1OC(=O)C1(Cl)Cc2ccccc2C1=O. The average Bonchev–Trinajstić information content (AvgIpc) is 2.80. The van der Waals surface area contributed by atoms with Crippen LogP contribution in [0.25, 0.3) is 0 Å². The molecule has 1 saturated carbocycles. The summed E-state index contributed by atoms with van der Waals surface area (Å²) >= 11 is 6.50. The monoisotopic (exact) mass is 348 g/mol. The lowest BCUT2D eigenvalue weighted by Crippen LogP contribution is -2.45. The molecule has 4 heteroatoms. The van der Waals surface area contributed by atoms with Gasteiger partial charge in [0.15, 0.2) is 5.78 Å². The third-order valence-corrected chi connectivity index (χ3v) is 6.06. The Morgan fingerprint density at radius 2 is 2.00 bits per heavy atom. The summed E-state index contributed by atoms with van der Waals surface area (Å²) in [6, 6.07) is 7.24. The molecule has 1 fully saturated rings. The standard InChI is InChI=1S/C20H25ClO3/c1-12(2)15-9-8-13(3)10-17(15)24-19(23)20(21)11-14-6-4-5-7-16(14)18(20)22/h4-7,12-13,15,17H,8-11H2,1-3H3/t13-,15+,17-,20?/m1/s1. The summed E-state index contributed by atoms with van der Waals surface area (Å²) in [5, 5.41) is 0. The molecule has 4 atom stereocenters. The summed E-state index contributed by atoms with van der Waals surface area (Å²) in [4.78, 5) is 23.9. The van der Waals surface area contributed by atoms with Gasteiger partial charge < -0.3 is 4.74 Å². The molecule has 130 valence electrons. The highest BCUT2D eigenvalue weighted by molar-refractivity contribution is 6.49. The maximum absolute atomic E-state index is 12.8. The second kappa shape index (κ2) is 6.51.